The minimum atomic E-state index is 0.145. The van der Waals surface area contributed by atoms with Gasteiger partial charge in [0.05, 0.1) is 0 Å². The van der Waals surface area contributed by atoms with E-state index in [4.69, 9.17) is 5.73 Å². The SMILES string of the molecule is CC(N)c1cccc(SC2CCCCC2)c1. The van der Waals surface area contributed by atoms with E-state index in [9.17, 15) is 0 Å². The molecule has 1 nitrogen and oxygen atoms in total. The van der Waals surface area contributed by atoms with E-state index in [2.05, 4.69) is 24.3 Å². The molecular formula is C14H21NS. The fourth-order valence-electron chi connectivity index (χ4n) is 2.25. The summed E-state index contributed by atoms with van der Waals surface area (Å²) in [5.41, 5.74) is 7.16. The highest BCUT2D eigenvalue weighted by Crippen LogP contribution is 2.34. The maximum absolute atomic E-state index is 5.91. The molecule has 0 bridgehead atoms. The van der Waals surface area contributed by atoms with Crippen LogP contribution < -0.4 is 5.73 Å². The Labute approximate surface area is 103 Å². The fourth-order valence-corrected chi connectivity index (χ4v) is 3.56. The first-order valence-corrected chi connectivity index (χ1v) is 7.16. The summed E-state index contributed by atoms with van der Waals surface area (Å²) in [5, 5.41) is 0.831. The first-order chi connectivity index (χ1) is 7.75. The number of benzene rings is 1. The topological polar surface area (TPSA) is 26.0 Å². The first kappa shape index (κ1) is 12.0. The zero-order chi connectivity index (χ0) is 11.4. The van der Waals surface area contributed by atoms with E-state index in [-0.39, 0.29) is 6.04 Å². The summed E-state index contributed by atoms with van der Waals surface area (Å²) in [4.78, 5) is 1.39. The van der Waals surface area contributed by atoms with E-state index in [0.29, 0.717) is 0 Å². The van der Waals surface area contributed by atoms with Gasteiger partial charge >= 0.3 is 0 Å². The molecule has 1 aliphatic rings. The molecule has 0 aromatic heterocycles. The van der Waals surface area contributed by atoms with Gasteiger partial charge in [-0.1, -0.05) is 31.4 Å². The lowest BCUT2D eigenvalue weighted by molar-refractivity contribution is 0.516. The molecule has 0 spiro atoms. The van der Waals surface area contributed by atoms with Crippen molar-refractivity contribution in [1.82, 2.24) is 0 Å². The van der Waals surface area contributed by atoms with Gasteiger partial charge < -0.3 is 5.73 Å². The van der Waals surface area contributed by atoms with Crippen LogP contribution in [0, 0.1) is 0 Å². The Kier molecular flexibility index (Phi) is 4.30. The molecule has 1 atom stereocenters. The standard InChI is InChI=1S/C14H21NS/c1-11(15)12-6-5-9-14(10-12)16-13-7-3-2-4-8-13/h5-6,9-11,13H,2-4,7-8,15H2,1H3. The van der Waals surface area contributed by atoms with Crippen LogP contribution in [0.1, 0.15) is 50.6 Å². The van der Waals surface area contributed by atoms with Gasteiger partial charge in [-0.2, -0.15) is 0 Å². The van der Waals surface area contributed by atoms with E-state index in [1.165, 1.54) is 42.6 Å². The summed E-state index contributed by atoms with van der Waals surface area (Å²) in [6.45, 7) is 2.05. The van der Waals surface area contributed by atoms with Crippen molar-refractivity contribution in [3.05, 3.63) is 29.8 Å². The minimum Gasteiger partial charge on any atom is -0.324 e. The quantitative estimate of drug-likeness (QED) is 0.852. The first-order valence-electron chi connectivity index (χ1n) is 6.28. The summed E-state index contributed by atoms with van der Waals surface area (Å²) in [5.74, 6) is 0. The maximum atomic E-state index is 5.91. The molecule has 1 aromatic rings. The lowest BCUT2D eigenvalue weighted by Gasteiger charge is -2.21. The fraction of sp³-hybridized carbons (Fsp3) is 0.571. The summed E-state index contributed by atoms with van der Waals surface area (Å²) in [6.07, 6.45) is 7.01. The van der Waals surface area contributed by atoms with E-state index >= 15 is 0 Å². The van der Waals surface area contributed by atoms with Crippen LogP contribution in [0.2, 0.25) is 0 Å². The summed E-state index contributed by atoms with van der Waals surface area (Å²) < 4.78 is 0. The Morgan fingerprint density at radius 3 is 2.69 bits per heavy atom. The molecule has 16 heavy (non-hydrogen) atoms. The van der Waals surface area contributed by atoms with Crippen LogP contribution in [0.25, 0.3) is 0 Å². The zero-order valence-corrected chi connectivity index (χ0v) is 10.8. The molecule has 1 aliphatic carbocycles. The predicted octanol–water partition coefficient (Wildman–Crippen LogP) is 4.13. The van der Waals surface area contributed by atoms with Gasteiger partial charge in [-0.15, -0.1) is 11.8 Å². The molecule has 0 amide bonds. The predicted molar refractivity (Wildman–Crippen MR) is 71.8 cm³/mol. The molecule has 1 aromatic carbocycles. The average molecular weight is 235 g/mol. The van der Waals surface area contributed by atoms with Gasteiger partial charge in [0.25, 0.3) is 0 Å². The Bertz CT molecular complexity index is 329. The highest BCUT2D eigenvalue weighted by molar-refractivity contribution is 8.00. The molecule has 0 radical (unpaired) electrons. The van der Waals surface area contributed by atoms with Crippen LogP contribution in [-0.2, 0) is 0 Å². The van der Waals surface area contributed by atoms with Crippen molar-refractivity contribution in [2.24, 2.45) is 5.73 Å². The number of rotatable bonds is 3. The Balaban J connectivity index is 2.00. The molecular weight excluding hydrogens is 214 g/mol. The van der Waals surface area contributed by atoms with E-state index in [0.717, 1.165) is 5.25 Å². The largest absolute Gasteiger partial charge is 0.324 e. The second-order valence-corrected chi connectivity index (χ2v) is 6.11. The highest BCUT2D eigenvalue weighted by atomic mass is 32.2. The third-order valence-corrected chi connectivity index (χ3v) is 4.57. The summed E-state index contributed by atoms with van der Waals surface area (Å²) in [6, 6.07) is 8.86. The molecule has 1 unspecified atom stereocenters. The third-order valence-electron chi connectivity index (χ3n) is 3.24. The lowest BCUT2D eigenvalue weighted by atomic mass is 10.0. The third kappa shape index (κ3) is 3.26. The monoisotopic (exact) mass is 235 g/mol. The van der Waals surface area contributed by atoms with Crippen LogP contribution >= 0.6 is 11.8 Å². The van der Waals surface area contributed by atoms with Crippen molar-refractivity contribution in [3.63, 3.8) is 0 Å². The molecule has 0 heterocycles. The van der Waals surface area contributed by atoms with Crippen molar-refractivity contribution in [3.8, 4) is 0 Å². The smallest absolute Gasteiger partial charge is 0.0266 e. The van der Waals surface area contributed by atoms with Crippen LogP contribution in [-0.4, -0.2) is 5.25 Å². The Hall–Kier alpha value is -0.470. The zero-order valence-electron chi connectivity index (χ0n) is 9.99. The van der Waals surface area contributed by atoms with E-state index < -0.39 is 0 Å². The molecule has 0 aliphatic heterocycles. The lowest BCUT2D eigenvalue weighted by Crippen LogP contribution is -2.08. The molecule has 0 saturated heterocycles. The molecule has 1 saturated carbocycles. The van der Waals surface area contributed by atoms with Crippen LogP contribution in [0.4, 0.5) is 0 Å². The molecule has 88 valence electrons. The Morgan fingerprint density at radius 1 is 1.25 bits per heavy atom. The Morgan fingerprint density at radius 2 is 2.00 bits per heavy atom. The van der Waals surface area contributed by atoms with Crippen molar-refractivity contribution in [2.75, 3.05) is 0 Å². The number of thioether (sulfide) groups is 1. The average Bonchev–Trinajstić information content (AvgIpc) is 2.30. The maximum Gasteiger partial charge on any atom is 0.0266 e. The summed E-state index contributed by atoms with van der Waals surface area (Å²) >= 11 is 2.04. The molecule has 2 N–H and O–H groups in total. The van der Waals surface area contributed by atoms with Crippen LogP contribution in [0.15, 0.2) is 29.2 Å². The molecule has 2 heteroatoms. The van der Waals surface area contributed by atoms with E-state index in [1.807, 2.05) is 18.7 Å². The summed E-state index contributed by atoms with van der Waals surface area (Å²) in [7, 11) is 0. The second-order valence-electron chi connectivity index (χ2n) is 4.74. The highest BCUT2D eigenvalue weighted by Gasteiger charge is 2.14. The minimum absolute atomic E-state index is 0.145. The molecule has 1 fully saturated rings. The molecule has 2 rings (SSSR count). The van der Waals surface area contributed by atoms with Gasteiger partial charge in [-0.25, -0.2) is 0 Å². The number of hydrogen-bond donors (Lipinski definition) is 1. The van der Waals surface area contributed by atoms with Crippen molar-refractivity contribution in [2.45, 2.75) is 55.2 Å². The second kappa shape index (κ2) is 5.74. The van der Waals surface area contributed by atoms with Crippen molar-refractivity contribution >= 4 is 11.8 Å². The van der Waals surface area contributed by atoms with Gasteiger partial charge in [0.15, 0.2) is 0 Å². The van der Waals surface area contributed by atoms with Crippen LogP contribution in [0.5, 0.6) is 0 Å². The van der Waals surface area contributed by atoms with Crippen molar-refractivity contribution < 1.29 is 0 Å². The van der Waals surface area contributed by atoms with Gasteiger partial charge in [0, 0.05) is 16.2 Å². The van der Waals surface area contributed by atoms with E-state index in [1.54, 1.807) is 0 Å². The van der Waals surface area contributed by atoms with Crippen molar-refractivity contribution in [1.29, 1.82) is 0 Å². The normalized spacial score (nSPS) is 19.6. The van der Waals surface area contributed by atoms with Gasteiger partial charge in [-0.05, 0) is 37.5 Å². The number of hydrogen-bond acceptors (Lipinski definition) is 2. The van der Waals surface area contributed by atoms with Gasteiger partial charge in [0.1, 0.15) is 0 Å². The number of nitrogens with two attached hydrogens (primary N) is 1. The van der Waals surface area contributed by atoms with Gasteiger partial charge in [-0.3, -0.25) is 0 Å². The van der Waals surface area contributed by atoms with Crippen LogP contribution in [0.3, 0.4) is 0 Å². The van der Waals surface area contributed by atoms with Gasteiger partial charge in [0.2, 0.25) is 0 Å².